The predicted molar refractivity (Wildman–Crippen MR) is 189 cm³/mol. The quantitative estimate of drug-likeness (QED) is 0.0432. The number of nitrogens with zero attached hydrogens (tertiary/aromatic N) is 4. The average Bonchev–Trinajstić information content (AvgIpc) is 3.56. The van der Waals surface area contributed by atoms with E-state index in [1.165, 1.54) is 13.3 Å². The van der Waals surface area contributed by atoms with E-state index in [-0.39, 0.29) is 36.2 Å². The number of aliphatic hydroxyl groups excluding tert-OH is 6. The molecule has 0 radical (unpaired) electrons. The number of nitrogens with one attached hydrogen (secondary N) is 2. The van der Waals surface area contributed by atoms with Crippen LogP contribution < -0.4 is 14.9 Å². The summed E-state index contributed by atoms with van der Waals surface area (Å²) in [4.78, 5) is 25.3. The van der Waals surface area contributed by atoms with Gasteiger partial charge >= 0.3 is 13.5 Å². The number of carbonyl (C=O) groups is 1. The molecule has 3 aromatic rings. The van der Waals surface area contributed by atoms with E-state index in [1.807, 2.05) is 0 Å². The second kappa shape index (κ2) is 18.2. The van der Waals surface area contributed by atoms with Crippen molar-refractivity contribution in [3.05, 3.63) is 43.0 Å². The van der Waals surface area contributed by atoms with Crippen molar-refractivity contribution in [3.8, 4) is 5.75 Å². The number of fused-ring (bicyclic) bond motifs is 1. The van der Waals surface area contributed by atoms with Crippen molar-refractivity contribution in [2.75, 3.05) is 31.5 Å². The Morgan fingerprint density at radius 3 is 2.44 bits per heavy atom. The molecule has 9 unspecified atom stereocenters. The van der Waals surface area contributed by atoms with Gasteiger partial charge in [0.2, 0.25) is 0 Å². The molecule has 2 aromatic heterocycles. The maximum Gasteiger partial charge on any atom is 0.342 e. The molecule has 0 amide bonds. The minimum atomic E-state index is -3.85. The number of imidazole rings is 1. The Bertz CT molecular complexity index is 1760. The van der Waals surface area contributed by atoms with E-state index in [4.69, 9.17) is 28.2 Å². The fraction of sp³-hybridized carbons (Fsp3) is 0.636. The van der Waals surface area contributed by atoms with Gasteiger partial charge in [-0.3, -0.25) is 9.36 Å². The molecule has 22 heteroatoms. The van der Waals surface area contributed by atoms with Crippen molar-refractivity contribution in [2.45, 2.75) is 101 Å². The van der Waals surface area contributed by atoms with Gasteiger partial charge in [-0.05, 0) is 39.8 Å². The standard InChI is InChI=1S/C33H49N6O15P/c1-17(2)51-31(46)19(4)38-55(48,54-21-8-6-5-7-9-21)16-49-18(3)10-39-15-36-23-29(34-14-35-30(23)39)37-33(47)28(45)27(20(11-40)13-50-33)53-32-26(44)25(43)24(42)22(12-41)52-32/h5-9,14-15,17-20,22,24-28,32,40-45,47H,10-13,16H2,1-4H3,(H,38,48)(H,34,35,37)/t18-,19+,20?,22?,24?,25?,26?,27?,28?,32?,33?,55+/m1/s1. The van der Waals surface area contributed by atoms with Gasteiger partial charge in [-0.1, -0.05) is 18.2 Å². The number of aliphatic hydroxyl groups is 7. The lowest BCUT2D eigenvalue weighted by molar-refractivity contribution is -0.359. The van der Waals surface area contributed by atoms with Crippen LogP contribution in [0.4, 0.5) is 5.82 Å². The molecule has 9 N–H and O–H groups in total. The number of benzene rings is 1. The summed E-state index contributed by atoms with van der Waals surface area (Å²) in [5.74, 6) is -3.98. The van der Waals surface area contributed by atoms with Gasteiger partial charge in [0.25, 0.3) is 5.91 Å². The van der Waals surface area contributed by atoms with Crippen molar-refractivity contribution in [1.82, 2.24) is 24.6 Å². The predicted octanol–water partition coefficient (Wildman–Crippen LogP) is -1.37. The lowest BCUT2D eigenvalue weighted by Crippen LogP contribution is -2.66. The van der Waals surface area contributed by atoms with Crippen LogP contribution in [0.3, 0.4) is 0 Å². The Balaban J connectivity index is 1.28. The molecule has 21 nitrogen and oxygen atoms in total. The van der Waals surface area contributed by atoms with Crippen molar-refractivity contribution >= 4 is 30.5 Å². The molecule has 0 saturated carbocycles. The van der Waals surface area contributed by atoms with E-state index in [9.17, 15) is 45.1 Å². The van der Waals surface area contributed by atoms with E-state index < -0.39 is 99.9 Å². The number of ether oxygens (including phenoxy) is 5. The zero-order chi connectivity index (χ0) is 40.1. The number of para-hydroxylation sites is 1. The number of aromatic nitrogens is 4. The first-order valence-corrected chi connectivity index (χ1v) is 19.4. The lowest BCUT2D eigenvalue weighted by atomic mass is 9.93. The summed E-state index contributed by atoms with van der Waals surface area (Å²) in [6.45, 7) is 5.04. The topological polar surface area (TPSA) is 299 Å². The third-order valence-corrected chi connectivity index (χ3v) is 10.6. The molecule has 2 fully saturated rings. The lowest BCUT2D eigenvalue weighted by Gasteiger charge is -2.47. The van der Waals surface area contributed by atoms with Crippen LogP contribution in [0.2, 0.25) is 0 Å². The molecule has 0 aliphatic carbocycles. The van der Waals surface area contributed by atoms with Gasteiger partial charge in [-0.25, -0.2) is 20.0 Å². The maximum absolute atomic E-state index is 14.0. The van der Waals surface area contributed by atoms with Crippen LogP contribution in [0, 0.1) is 5.92 Å². The van der Waals surface area contributed by atoms with Gasteiger partial charge in [0.1, 0.15) is 55.0 Å². The fourth-order valence-corrected chi connectivity index (χ4v) is 7.72. The van der Waals surface area contributed by atoms with E-state index >= 15 is 0 Å². The van der Waals surface area contributed by atoms with E-state index in [0.29, 0.717) is 5.75 Å². The highest BCUT2D eigenvalue weighted by atomic mass is 31.2. The maximum atomic E-state index is 14.0. The largest absolute Gasteiger partial charge is 0.462 e. The van der Waals surface area contributed by atoms with Crippen molar-refractivity contribution < 1.29 is 73.3 Å². The van der Waals surface area contributed by atoms with Gasteiger partial charge in [-0.2, -0.15) is 0 Å². The van der Waals surface area contributed by atoms with Crippen molar-refractivity contribution in [1.29, 1.82) is 0 Å². The minimum Gasteiger partial charge on any atom is -0.462 e. The van der Waals surface area contributed by atoms with Crippen LogP contribution in [0.25, 0.3) is 11.2 Å². The molecular weight excluding hydrogens is 751 g/mol. The summed E-state index contributed by atoms with van der Waals surface area (Å²) in [6.07, 6.45) is -10.6. The summed E-state index contributed by atoms with van der Waals surface area (Å²) >= 11 is 0. The summed E-state index contributed by atoms with van der Waals surface area (Å²) in [5.41, 5.74) is 0.392. The SMILES string of the molecule is CC(C)OC(=O)[C@H](C)N[P@](=O)(CO[C@H](C)Cn1cnc2c(NC3(O)OCC(CO)C(OC4OC(CO)C(O)C(O)C4O)C3O)ncnc21)Oc1ccccc1. The first-order chi connectivity index (χ1) is 26.1. The van der Waals surface area contributed by atoms with Crippen LogP contribution in [-0.4, -0.2) is 154 Å². The average molecular weight is 801 g/mol. The van der Waals surface area contributed by atoms with Gasteiger partial charge < -0.3 is 73.8 Å². The molecule has 2 aliphatic heterocycles. The van der Waals surface area contributed by atoms with Gasteiger partial charge in [0.15, 0.2) is 29.4 Å². The normalized spacial score (nSPS) is 30.8. The molecule has 55 heavy (non-hydrogen) atoms. The molecule has 1 aromatic carbocycles. The van der Waals surface area contributed by atoms with Gasteiger partial charge in [0.05, 0.1) is 44.9 Å². The summed E-state index contributed by atoms with van der Waals surface area (Å²) < 4.78 is 49.3. The number of esters is 1. The number of hydrogen-bond donors (Lipinski definition) is 9. The first kappa shape index (κ1) is 42.7. The molecule has 2 aliphatic rings. The van der Waals surface area contributed by atoms with Crippen LogP contribution in [-0.2, 0) is 39.6 Å². The van der Waals surface area contributed by atoms with Crippen LogP contribution >= 0.6 is 7.52 Å². The van der Waals surface area contributed by atoms with Crippen molar-refractivity contribution in [2.24, 2.45) is 5.92 Å². The Labute approximate surface area is 315 Å². The highest BCUT2D eigenvalue weighted by molar-refractivity contribution is 7.57. The van der Waals surface area contributed by atoms with Crippen LogP contribution in [0.15, 0.2) is 43.0 Å². The number of carbonyl (C=O) groups excluding carboxylic acids is 1. The number of anilines is 1. The van der Waals surface area contributed by atoms with Crippen LogP contribution in [0.1, 0.15) is 27.7 Å². The molecule has 4 heterocycles. The fourth-order valence-electron chi connectivity index (χ4n) is 5.94. The Kier molecular flexibility index (Phi) is 14.2. The molecule has 5 rings (SSSR count). The third kappa shape index (κ3) is 10.1. The summed E-state index contributed by atoms with van der Waals surface area (Å²) in [6, 6.07) is 7.42. The van der Waals surface area contributed by atoms with E-state index in [2.05, 4.69) is 25.4 Å². The smallest absolute Gasteiger partial charge is 0.342 e. The zero-order valence-corrected chi connectivity index (χ0v) is 31.5. The summed E-state index contributed by atoms with van der Waals surface area (Å²) in [7, 11) is -3.85. The van der Waals surface area contributed by atoms with E-state index in [1.54, 1.807) is 55.7 Å². The molecule has 306 valence electrons. The number of rotatable bonds is 17. The van der Waals surface area contributed by atoms with Crippen LogP contribution in [0.5, 0.6) is 5.75 Å². The highest BCUT2D eigenvalue weighted by Crippen LogP contribution is 2.44. The second-order valence-electron chi connectivity index (χ2n) is 13.6. The van der Waals surface area contributed by atoms with Gasteiger partial charge in [-0.15, -0.1) is 0 Å². The number of hydrogen-bond acceptors (Lipinski definition) is 19. The minimum absolute atomic E-state index is 0.0832. The molecule has 2 saturated heterocycles. The van der Waals surface area contributed by atoms with E-state index in [0.717, 1.165) is 6.33 Å². The zero-order valence-electron chi connectivity index (χ0n) is 30.6. The highest BCUT2D eigenvalue weighted by Gasteiger charge is 2.54. The Morgan fingerprint density at radius 1 is 1.04 bits per heavy atom. The monoisotopic (exact) mass is 800 g/mol. The Hall–Kier alpha value is -3.41. The molecule has 12 atom stereocenters. The Morgan fingerprint density at radius 2 is 1.76 bits per heavy atom. The third-order valence-electron chi connectivity index (χ3n) is 8.84. The molecule has 0 spiro atoms. The van der Waals surface area contributed by atoms with Crippen molar-refractivity contribution in [3.63, 3.8) is 0 Å². The molecule has 0 bridgehead atoms. The first-order valence-electron chi connectivity index (χ1n) is 17.6. The van der Waals surface area contributed by atoms with Gasteiger partial charge in [0, 0.05) is 5.92 Å². The second-order valence-corrected chi connectivity index (χ2v) is 15.7. The summed E-state index contributed by atoms with van der Waals surface area (Å²) in [5, 5.41) is 78.5. The molecular formula is C33H49N6O15P.